The zero-order valence-electron chi connectivity index (χ0n) is 9.61. The molecule has 4 heteroatoms. The van der Waals surface area contributed by atoms with Crippen LogP contribution in [0.15, 0.2) is 18.2 Å². The van der Waals surface area contributed by atoms with E-state index in [1.807, 2.05) is 12.1 Å². The Morgan fingerprint density at radius 3 is 2.81 bits per heavy atom. The maximum Gasteiger partial charge on any atom is 0.0750 e. The van der Waals surface area contributed by atoms with Gasteiger partial charge in [0.2, 0.25) is 0 Å². The molecule has 0 aromatic heterocycles. The lowest BCUT2D eigenvalue weighted by Gasteiger charge is -2.29. The highest BCUT2D eigenvalue weighted by molar-refractivity contribution is 14.1. The number of anilines is 2. The van der Waals surface area contributed by atoms with E-state index in [-0.39, 0.29) is 0 Å². The summed E-state index contributed by atoms with van der Waals surface area (Å²) in [5.41, 5.74) is 7.81. The van der Waals surface area contributed by atoms with Crippen LogP contribution in [0.3, 0.4) is 0 Å². The fourth-order valence-corrected chi connectivity index (χ4v) is 3.14. The first kappa shape index (κ1) is 12.0. The topological polar surface area (TPSA) is 38.5 Å². The molecule has 1 saturated heterocycles. The van der Waals surface area contributed by atoms with Gasteiger partial charge in [-0.1, -0.05) is 0 Å². The SMILES string of the molecule is CC1OCCC1N(C)c1ccc(N)cc1I. The van der Waals surface area contributed by atoms with Gasteiger partial charge in [0.15, 0.2) is 0 Å². The molecule has 0 aliphatic carbocycles. The molecule has 1 heterocycles. The van der Waals surface area contributed by atoms with Gasteiger partial charge in [-0.25, -0.2) is 0 Å². The van der Waals surface area contributed by atoms with Crippen molar-refractivity contribution >= 4 is 34.0 Å². The summed E-state index contributed by atoms with van der Waals surface area (Å²) < 4.78 is 6.80. The molecule has 2 rings (SSSR count). The first-order valence-electron chi connectivity index (χ1n) is 5.49. The summed E-state index contributed by atoms with van der Waals surface area (Å²) in [6.45, 7) is 3.00. The normalized spacial score (nSPS) is 24.7. The van der Waals surface area contributed by atoms with E-state index in [0.29, 0.717) is 12.1 Å². The van der Waals surface area contributed by atoms with E-state index in [0.717, 1.165) is 18.7 Å². The molecule has 0 bridgehead atoms. The first-order valence-corrected chi connectivity index (χ1v) is 6.57. The third-order valence-electron chi connectivity index (χ3n) is 3.19. The molecule has 1 aromatic carbocycles. The second kappa shape index (κ2) is 4.79. The van der Waals surface area contributed by atoms with E-state index in [1.54, 1.807) is 0 Å². The minimum Gasteiger partial charge on any atom is -0.399 e. The Morgan fingerprint density at radius 1 is 1.50 bits per heavy atom. The van der Waals surface area contributed by atoms with Crippen LogP contribution >= 0.6 is 22.6 Å². The minimum atomic E-state index is 0.304. The Morgan fingerprint density at radius 2 is 2.25 bits per heavy atom. The first-order chi connectivity index (χ1) is 7.59. The molecule has 1 fully saturated rings. The molecule has 1 aromatic rings. The van der Waals surface area contributed by atoms with Crippen molar-refractivity contribution in [2.75, 3.05) is 24.3 Å². The van der Waals surface area contributed by atoms with Crippen LogP contribution in [0.2, 0.25) is 0 Å². The Labute approximate surface area is 110 Å². The lowest BCUT2D eigenvalue weighted by molar-refractivity contribution is 0.118. The van der Waals surface area contributed by atoms with Crippen LogP contribution in [0, 0.1) is 3.57 Å². The largest absolute Gasteiger partial charge is 0.399 e. The van der Waals surface area contributed by atoms with Crippen molar-refractivity contribution in [3.05, 3.63) is 21.8 Å². The third-order valence-corrected chi connectivity index (χ3v) is 4.05. The van der Waals surface area contributed by atoms with Crippen molar-refractivity contribution in [3.8, 4) is 0 Å². The van der Waals surface area contributed by atoms with Gasteiger partial charge >= 0.3 is 0 Å². The fourth-order valence-electron chi connectivity index (χ4n) is 2.22. The van der Waals surface area contributed by atoms with E-state index >= 15 is 0 Å². The number of nitrogens with zero attached hydrogens (tertiary/aromatic N) is 1. The van der Waals surface area contributed by atoms with E-state index in [9.17, 15) is 0 Å². The molecule has 0 radical (unpaired) electrons. The van der Waals surface area contributed by atoms with Crippen molar-refractivity contribution in [1.29, 1.82) is 0 Å². The average molecular weight is 332 g/mol. The summed E-state index contributed by atoms with van der Waals surface area (Å²) in [7, 11) is 2.13. The van der Waals surface area contributed by atoms with Crippen LogP contribution < -0.4 is 10.6 Å². The van der Waals surface area contributed by atoms with Crippen LogP contribution in [0.25, 0.3) is 0 Å². The molecule has 88 valence electrons. The summed E-state index contributed by atoms with van der Waals surface area (Å²) in [5.74, 6) is 0. The van der Waals surface area contributed by atoms with Gasteiger partial charge in [-0.05, 0) is 54.1 Å². The monoisotopic (exact) mass is 332 g/mol. The standard InChI is InChI=1S/C12H17IN2O/c1-8-11(5-6-16-8)15(2)12-4-3-9(14)7-10(12)13/h3-4,7-8,11H,5-6,14H2,1-2H3. The summed E-state index contributed by atoms with van der Waals surface area (Å²) in [6.07, 6.45) is 1.40. The van der Waals surface area contributed by atoms with E-state index in [2.05, 4.69) is 47.5 Å². The average Bonchev–Trinajstić information content (AvgIpc) is 2.63. The van der Waals surface area contributed by atoms with E-state index in [4.69, 9.17) is 10.5 Å². The number of hydrogen-bond donors (Lipinski definition) is 1. The molecule has 2 N–H and O–H groups in total. The van der Waals surface area contributed by atoms with Crippen LogP contribution in [0.1, 0.15) is 13.3 Å². The van der Waals surface area contributed by atoms with Crippen molar-refractivity contribution in [3.63, 3.8) is 0 Å². The quantitative estimate of drug-likeness (QED) is 0.668. The fraction of sp³-hybridized carbons (Fsp3) is 0.500. The van der Waals surface area contributed by atoms with Crippen LogP contribution in [-0.2, 0) is 4.74 Å². The molecule has 1 aliphatic heterocycles. The Hall–Kier alpha value is -0.490. The smallest absolute Gasteiger partial charge is 0.0750 e. The van der Waals surface area contributed by atoms with E-state index < -0.39 is 0 Å². The van der Waals surface area contributed by atoms with Crippen LogP contribution in [0.4, 0.5) is 11.4 Å². The Kier molecular flexibility index (Phi) is 3.59. The number of nitrogens with two attached hydrogens (primary N) is 1. The molecule has 2 atom stereocenters. The van der Waals surface area contributed by atoms with Gasteiger partial charge in [0, 0.05) is 22.9 Å². The van der Waals surface area contributed by atoms with Gasteiger partial charge < -0.3 is 15.4 Å². The Bertz CT molecular complexity index is 383. The zero-order chi connectivity index (χ0) is 11.7. The molecule has 2 unspecified atom stereocenters. The second-order valence-corrected chi connectivity index (χ2v) is 5.42. The van der Waals surface area contributed by atoms with Crippen LogP contribution in [-0.4, -0.2) is 25.8 Å². The van der Waals surface area contributed by atoms with Crippen molar-refractivity contribution in [2.24, 2.45) is 0 Å². The molecule has 3 nitrogen and oxygen atoms in total. The molecule has 0 amide bonds. The summed E-state index contributed by atoms with van der Waals surface area (Å²) in [6, 6.07) is 6.51. The van der Waals surface area contributed by atoms with Crippen LogP contribution in [0.5, 0.6) is 0 Å². The van der Waals surface area contributed by atoms with Gasteiger partial charge in [-0.15, -0.1) is 0 Å². The highest BCUT2D eigenvalue weighted by atomic mass is 127. The maximum atomic E-state index is 5.76. The van der Waals surface area contributed by atoms with Gasteiger partial charge in [0.25, 0.3) is 0 Å². The van der Waals surface area contributed by atoms with Gasteiger partial charge in [0.1, 0.15) is 0 Å². The second-order valence-electron chi connectivity index (χ2n) is 4.25. The van der Waals surface area contributed by atoms with Gasteiger partial charge in [-0.2, -0.15) is 0 Å². The van der Waals surface area contributed by atoms with Gasteiger partial charge in [-0.3, -0.25) is 0 Å². The molecular weight excluding hydrogens is 315 g/mol. The molecular formula is C12H17IN2O. The number of hydrogen-bond acceptors (Lipinski definition) is 3. The number of ether oxygens (including phenoxy) is 1. The summed E-state index contributed by atoms with van der Waals surface area (Å²) >= 11 is 2.33. The lowest BCUT2D eigenvalue weighted by Crippen LogP contribution is -2.37. The number of likely N-dealkylation sites (N-methyl/N-ethyl adjacent to an activating group) is 1. The van der Waals surface area contributed by atoms with Crippen molar-refractivity contribution < 1.29 is 4.74 Å². The molecule has 16 heavy (non-hydrogen) atoms. The van der Waals surface area contributed by atoms with Crippen molar-refractivity contribution in [2.45, 2.75) is 25.5 Å². The lowest BCUT2D eigenvalue weighted by atomic mass is 10.1. The van der Waals surface area contributed by atoms with E-state index in [1.165, 1.54) is 9.26 Å². The molecule has 0 spiro atoms. The number of halogens is 1. The summed E-state index contributed by atoms with van der Waals surface area (Å²) in [5, 5.41) is 0. The zero-order valence-corrected chi connectivity index (χ0v) is 11.8. The predicted molar refractivity (Wildman–Crippen MR) is 75.8 cm³/mol. The summed E-state index contributed by atoms with van der Waals surface area (Å²) in [4.78, 5) is 2.30. The Balaban J connectivity index is 2.23. The maximum absolute atomic E-state index is 5.76. The highest BCUT2D eigenvalue weighted by Crippen LogP contribution is 2.29. The van der Waals surface area contributed by atoms with Gasteiger partial charge in [0.05, 0.1) is 17.8 Å². The number of rotatable bonds is 2. The number of benzene rings is 1. The predicted octanol–water partition coefficient (Wildman–Crippen LogP) is 2.49. The highest BCUT2D eigenvalue weighted by Gasteiger charge is 2.28. The molecule has 0 saturated carbocycles. The number of nitrogen functional groups attached to an aromatic ring is 1. The van der Waals surface area contributed by atoms with Crippen molar-refractivity contribution in [1.82, 2.24) is 0 Å². The molecule has 1 aliphatic rings. The minimum absolute atomic E-state index is 0.304. The third kappa shape index (κ3) is 2.27.